The molecule has 0 amide bonds. The molecule has 0 saturated heterocycles. The van der Waals surface area contributed by atoms with Crippen LogP contribution in [0.1, 0.15) is 0 Å². The molecule has 0 saturated carbocycles. The van der Waals surface area contributed by atoms with E-state index in [0.717, 1.165) is 0 Å². The first-order valence-corrected chi connectivity index (χ1v) is 0. The molecular weight excluding hydrogens is 147 g/mol. The monoisotopic (exact) mass is 150 g/mol. The fourth-order valence-corrected chi connectivity index (χ4v) is 0. The number of hydrogen-bond donors (Lipinski definition) is 0. The van der Waals surface area contributed by atoms with Gasteiger partial charge in [-0.15, -0.1) is 0 Å². The predicted molar refractivity (Wildman–Crippen MR) is 15.7 cm³/mol. The van der Waals surface area contributed by atoms with Crippen LogP contribution < -0.4 is 0 Å². The van der Waals surface area contributed by atoms with Crippen molar-refractivity contribution in [2.75, 3.05) is 0 Å². The van der Waals surface area contributed by atoms with Crippen LogP contribution in [0, 0.1) is 0 Å². The molecule has 0 N–H and O–H groups in total. The van der Waals surface area contributed by atoms with Gasteiger partial charge in [0.05, 0.1) is 0 Å². The van der Waals surface area contributed by atoms with Crippen LogP contribution in [0.4, 0.5) is 0 Å². The Hall–Kier alpha value is 1.33. The van der Waals surface area contributed by atoms with Gasteiger partial charge in [-0.1, -0.05) is 0 Å². The minimum absolute atomic E-state index is 0. The SMILES string of the molecule is [B].[Cr].[Fe].[SiH3]. The Balaban J connectivity index is 0. The van der Waals surface area contributed by atoms with E-state index in [0.29, 0.717) is 0 Å². The summed E-state index contributed by atoms with van der Waals surface area (Å²) in [7, 11) is 0. The minimum Gasteiger partial charge on any atom is -0.0125 e. The van der Waals surface area contributed by atoms with Gasteiger partial charge < -0.3 is 0 Å². The average Bonchev–Trinajstić information content (AvgIpc) is 0. The largest absolute Gasteiger partial charge is 0.0125 e. The summed E-state index contributed by atoms with van der Waals surface area (Å²) < 4.78 is 0. The standard InChI is InChI=1S/B.Cr.Fe.H3Si/h;;;1H3. The van der Waals surface area contributed by atoms with Crippen molar-refractivity contribution >= 4 is 19.4 Å². The van der Waals surface area contributed by atoms with Crippen LogP contribution in [0.3, 0.4) is 0 Å². The van der Waals surface area contributed by atoms with Gasteiger partial charge in [0.1, 0.15) is 0 Å². The molecule has 0 nitrogen and oxygen atoms in total. The van der Waals surface area contributed by atoms with Gasteiger partial charge in [-0.25, -0.2) is 0 Å². The normalized spacial score (nSPS) is 0. The summed E-state index contributed by atoms with van der Waals surface area (Å²) in [5.74, 6) is 0. The van der Waals surface area contributed by atoms with E-state index in [-0.39, 0.29) is 53.8 Å². The Morgan fingerprint density at radius 1 is 1.00 bits per heavy atom. The topological polar surface area (TPSA) is 0 Å². The minimum atomic E-state index is 0. The molecule has 0 fully saturated rings. The van der Waals surface area contributed by atoms with Gasteiger partial charge in [-0.05, 0) is 11.0 Å². The van der Waals surface area contributed by atoms with Crippen molar-refractivity contribution in [3.63, 3.8) is 0 Å². The van der Waals surface area contributed by atoms with E-state index in [2.05, 4.69) is 0 Å². The third kappa shape index (κ3) is 10.2. The van der Waals surface area contributed by atoms with Crippen molar-refractivity contribution in [1.29, 1.82) is 0 Å². The van der Waals surface area contributed by atoms with Crippen LogP contribution in [-0.2, 0) is 34.4 Å². The van der Waals surface area contributed by atoms with Crippen LogP contribution in [0.2, 0.25) is 0 Å². The van der Waals surface area contributed by atoms with Gasteiger partial charge in [0.2, 0.25) is 0 Å². The summed E-state index contributed by atoms with van der Waals surface area (Å²) in [5.41, 5.74) is 0. The van der Waals surface area contributed by atoms with Crippen LogP contribution >= 0.6 is 0 Å². The second-order valence-corrected chi connectivity index (χ2v) is 0. The third-order valence-corrected chi connectivity index (χ3v) is 0. The van der Waals surface area contributed by atoms with Gasteiger partial charge in [0, 0.05) is 42.8 Å². The summed E-state index contributed by atoms with van der Waals surface area (Å²) in [6.45, 7) is 0. The van der Waals surface area contributed by atoms with Crippen molar-refractivity contribution < 1.29 is 34.4 Å². The molecule has 4 radical (unpaired) electrons. The Bertz CT molecular complexity index is 8.00. The molecule has 0 rings (SSSR count). The second-order valence-electron chi connectivity index (χ2n) is 0. The molecule has 0 aliphatic rings. The van der Waals surface area contributed by atoms with E-state index in [1.54, 1.807) is 0 Å². The molecule has 24 valence electrons. The second kappa shape index (κ2) is 27.1. The summed E-state index contributed by atoms with van der Waals surface area (Å²) >= 11 is 0. The van der Waals surface area contributed by atoms with E-state index in [9.17, 15) is 0 Å². The molecule has 0 unspecified atom stereocenters. The Labute approximate surface area is 53.9 Å². The van der Waals surface area contributed by atoms with Crippen molar-refractivity contribution in [3.8, 4) is 0 Å². The zero-order valence-electron chi connectivity index (χ0n) is 2.34. The maximum atomic E-state index is 0. The summed E-state index contributed by atoms with van der Waals surface area (Å²) in [6.07, 6.45) is 0. The van der Waals surface area contributed by atoms with Gasteiger partial charge in [0.15, 0.2) is 0 Å². The van der Waals surface area contributed by atoms with Crippen LogP contribution in [-0.4, -0.2) is 19.4 Å². The van der Waals surface area contributed by atoms with Crippen LogP contribution in [0.25, 0.3) is 0 Å². The quantitative estimate of drug-likeness (QED) is 0.366. The number of rotatable bonds is 0. The Kier molecular flexibility index (Phi) is 381. The van der Waals surface area contributed by atoms with Crippen LogP contribution in [0.5, 0.6) is 0 Å². The summed E-state index contributed by atoms with van der Waals surface area (Å²) in [4.78, 5) is 0. The molecule has 0 aromatic carbocycles. The third-order valence-electron chi connectivity index (χ3n) is 0. The maximum Gasteiger partial charge on any atom is 0 e. The zero-order valence-corrected chi connectivity index (χ0v) is 6.72. The first-order valence-electron chi connectivity index (χ1n) is 0. The molecular formula is H3BCrFeSi. The van der Waals surface area contributed by atoms with Gasteiger partial charge in [0.25, 0.3) is 0 Å². The molecule has 4 heavy (non-hydrogen) atoms. The van der Waals surface area contributed by atoms with Crippen molar-refractivity contribution in [2.24, 2.45) is 0 Å². The molecule has 0 bridgehead atoms. The average molecular weight is 150 g/mol. The van der Waals surface area contributed by atoms with Gasteiger partial charge >= 0.3 is 0 Å². The molecule has 0 aliphatic carbocycles. The fraction of sp³-hybridized carbons (Fsp3) is 0. The Morgan fingerprint density at radius 3 is 1.00 bits per heavy atom. The van der Waals surface area contributed by atoms with Crippen molar-refractivity contribution in [3.05, 3.63) is 0 Å². The molecule has 0 aromatic heterocycles. The molecule has 0 aromatic rings. The first kappa shape index (κ1) is 56.3. The van der Waals surface area contributed by atoms with Crippen LogP contribution in [0.15, 0.2) is 0 Å². The fourth-order valence-electron chi connectivity index (χ4n) is 0. The number of hydrogen-bond acceptors (Lipinski definition) is 0. The Morgan fingerprint density at radius 2 is 1.00 bits per heavy atom. The predicted octanol–water partition coefficient (Wildman–Crippen LogP) is -1.57. The summed E-state index contributed by atoms with van der Waals surface area (Å²) in [6, 6.07) is 0. The van der Waals surface area contributed by atoms with E-state index < -0.39 is 0 Å². The molecule has 4 heteroatoms. The van der Waals surface area contributed by atoms with Gasteiger partial charge in [-0.3, -0.25) is 0 Å². The zero-order chi connectivity index (χ0) is 0. The first-order chi connectivity index (χ1) is 0. The van der Waals surface area contributed by atoms with Gasteiger partial charge in [-0.2, -0.15) is 0 Å². The van der Waals surface area contributed by atoms with E-state index in [4.69, 9.17) is 0 Å². The molecule has 0 aliphatic heterocycles. The molecule has 0 spiro atoms. The molecule has 0 atom stereocenters. The van der Waals surface area contributed by atoms with Crippen molar-refractivity contribution in [2.45, 2.75) is 0 Å². The van der Waals surface area contributed by atoms with E-state index >= 15 is 0 Å². The summed E-state index contributed by atoms with van der Waals surface area (Å²) in [5, 5.41) is 0. The molecule has 0 heterocycles. The van der Waals surface area contributed by atoms with Crippen molar-refractivity contribution in [1.82, 2.24) is 0 Å². The smallest absolute Gasteiger partial charge is 0 e. The van der Waals surface area contributed by atoms with E-state index in [1.807, 2.05) is 0 Å². The van der Waals surface area contributed by atoms with E-state index in [1.165, 1.54) is 0 Å². The maximum absolute atomic E-state index is 0.